The molecule has 0 aliphatic carbocycles. The van der Waals surface area contributed by atoms with Crippen LogP contribution in [0.25, 0.3) is 0 Å². The van der Waals surface area contributed by atoms with Crippen molar-refractivity contribution in [2.24, 2.45) is 11.3 Å². The molecule has 0 spiro atoms. The Morgan fingerprint density at radius 3 is 2.66 bits per heavy atom. The number of fused-ring (bicyclic) bond motifs is 1. The molecule has 0 amide bonds. The fourth-order valence-corrected chi connectivity index (χ4v) is 4.72. The lowest BCUT2D eigenvalue weighted by atomic mass is 9.74. The van der Waals surface area contributed by atoms with Gasteiger partial charge in [0.15, 0.2) is 11.6 Å². The van der Waals surface area contributed by atoms with Crippen LogP contribution in [0.2, 0.25) is 0 Å². The molecule has 1 fully saturated rings. The standard InChI is InChI=1S/C26H34FNO4/c1-6-7-8-22-17(2)24(20-14-23(31-5)21(27)13-19(20)15-32-22)18-9-11-28(12-10-18)16-26(3,4)25(29)30/h6-8,13-14,18,24H,2,9-12,15-16H2,1,3-5H3,(H,29,30)/b7-6-,22-8+. The normalized spacial score (nSPS) is 22.0. The van der Waals surface area contributed by atoms with Crippen molar-refractivity contribution in [1.82, 2.24) is 4.90 Å². The zero-order valence-electron chi connectivity index (χ0n) is 19.5. The first-order chi connectivity index (χ1) is 15.2. The number of hydrogen-bond donors (Lipinski definition) is 1. The van der Waals surface area contributed by atoms with E-state index in [-0.39, 0.29) is 24.2 Å². The van der Waals surface area contributed by atoms with Gasteiger partial charge in [0.05, 0.1) is 12.5 Å². The number of benzene rings is 1. The van der Waals surface area contributed by atoms with Gasteiger partial charge in [0.1, 0.15) is 12.4 Å². The Morgan fingerprint density at radius 2 is 2.06 bits per heavy atom. The topological polar surface area (TPSA) is 59.0 Å². The molecule has 1 aromatic carbocycles. The van der Waals surface area contributed by atoms with Crippen molar-refractivity contribution in [3.63, 3.8) is 0 Å². The Hall–Kier alpha value is -2.60. The van der Waals surface area contributed by atoms with Crippen LogP contribution in [-0.2, 0) is 16.1 Å². The Labute approximate surface area is 190 Å². The van der Waals surface area contributed by atoms with Crippen molar-refractivity contribution < 1.29 is 23.8 Å². The summed E-state index contributed by atoms with van der Waals surface area (Å²) in [6.07, 6.45) is 7.57. The van der Waals surface area contributed by atoms with Crippen LogP contribution >= 0.6 is 0 Å². The third-order valence-corrected chi connectivity index (χ3v) is 6.57. The zero-order valence-corrected chi connectivity index (χ0v) is 19.5. The molecule has 1 unspecified atom stereocenters. The highest BCUT2D eigenvalue weighted by Crippen LogP contribution is 2.45. The number of carboxylic acids is 1. The maximum absolute atomic E-state index is 14.5. The number of ether oxygens (including phenoxy) is 2. The van der Waals surface area contributed by atoms with Gasteiger partial charge in [-0.3, -0.25) is 4.79 Å². The van der Waals surface area contributed by atoms with Gasteiger partial charge in [0, 0.05) is 12.5 Å². The summed E-state index contributed by atoms with van der Waals surface area (Å²) in [7, 11) is 1.47. The predicted molar refractivity (Wildman–Crippen MR) is 123 cm³/mol. The second-order valence-corrected chi connectivity index (χ2v) is 9.34. The van der Waals surface area contributed by atoms with E-state index in [9.17, 15) is 14.3 Å². The quantitative estimate of drug-likeness (QED) is 0.648. The molecule has 2 aliphatic heterocycles. The highest BCUT2D eigenvalue weighted by Gasteiger charge is 2.37. The molecule has 32 heavy (non-hydrogen) atoms. The highest BCUT2D eigenvalue weighted by molar-refractivity contribution is 5.73. The van der Waals surface area contributed by atoms with Crippen LogP contribution in [-0.4, -0.2) is 42.7 Å². The molecule has 0 aromatic heterocycles. The number of aliphatic carboxylic acids is 1. The first kappa shape index (κ1) is 24.1. The molecular formula is C26H34FNO4. The van der Waals surface area contributed by atoms with Gasteiger partial charge in [-0.1, -0.05) is 18.7 Å². The zero-order chi connectivity index (χ0) is 23.5. The Kier molecular flexibility index (Phi) is 7.44. The minimum absolute atomic E-state index is 0.0202. The van der Waals surface area contributed by atoms with Crippen molar-refractivity contribution in [3.05, 3.63) is 65.2 Å². The maximum atomic E-state index is 14.5. The number of nitrogens with zero attached hydrogens (tertiary/aromatic N) is 1. The van der Waals surface area contributed by atoms with Crippen molar-refractivity contribution in [1.29, 1.82) is 0 Å². The number of rotatable bonds is 6. The summed E-state index contributed by atoms with van der Waals surface area (Å²) in [5.74, 6) is 0.0344. The molecule has 2 heterocycles. The number of carboxylic acid groups (broad SMARTS) is 1. The van der Waals surface area contributed by atoms with Gasteiger partial charge in [-0.05, 0) is 87.5 Å². The lowest BCUT2D eigenvalue weighted by molar-refractivity contribution is -0.148. The highest BCUT2D eigenvalue weighted by atomic mass is 19.1. The van der Waals surface area contributed by atoms with Gasteiger partial charge in [-0.2, -0.15) is 0 Å². The van der Waals surface area contributed by atoms with Crippen molar-refractivity contribution in [3.8, 4) is 5.75 Å². The van der Waals surface area contributed by atoms with Crippen LogP contribution in [0.4, 0.5) is 4.39 Å². The number of halogens is 1. The summed E-state index contributed by atoms with van der Waals surface area (Å²) >= 11 is 0. The average molecular weight is 444 g/mol. The van der Waals surface area contributed by atoms with E-state index in [1.165, 1.54) is 13.2 Å². The summed E-state index contributed by atoms with van der Waals surface area (Å²) in [5, 5.41) is 9.47. The third-order valence-electron chi connectivity index (χ3n) is 6.57. The van der Waals surface area contributed by atoms with Crippen LogP contribution in [0.3, 0.4) is 0 Å². The fourth-order valence-electron chi connectivity index (χ4n) is 4.72. The predicted octanol–water partition coefficient (Wildman–Crippen LogP) is 5.29. The number of carbonyl (C=O) groups is 1. The summed E-state index contributed by atoms with van der Waals surface area (Å²) < 4.78 is 25.8. The first-order valence-electron chi connectivity index (χ1n) is 11.1. The second-order valence-electron chi connectivity index (χ2n) is 9.34. The van der Waals surface area contributed by atoms with Gasteiger partial charge in [0.2, 0.25) is 0 Å². The van der Waals surface area contributed by atoms with Gasteiger partial charge in [-0.25, -0.2) is 4.39 Å². The Bertz CT molecular complexity index is 926. The lowest BCUT2D eigenvalue weighted by Gasteiger charge is -2.39. The molecule has 0 radical (unpaired) electrons. The summed E-state index contributed by atoms with van der Waals surface area (Å²) in [6.45, 7) is 12.3. The fraction of sp³-hybridized carbons (Fsp3) is 0.500. The number of allylic oxidation sites excluding steroid dienone is 4. The van der Waals surface area contributed by atoms with Gasteiger partial charge in [0.25, 0.3) is 0 Å². The monoisotopic (exact) mass is 443 g/mol. The van der Waals surface area contributed by atoms with Gasteiger partial charge >= 0.3 is 5.97 Å². The SMILES string of the molecule is C=C1/C(=C\C=C/C)OCc2cc(F)c(OC)cc2C1C1CCN(CC(C)(C)C(=O)O)CC1. The molecule has 2 aliphatic rings. The first-order valence-corrected chi connectivity index (χ1v) is 11.1. The maximum Gasteiger partial charge on any atom is 0.310 e. The van der Waals surface area contributed by atoms with Gasteiger partial charge in [-0.15, -0.1) is 0 Å². The van der Waals surface area contributed by atoms with Crippen molar-refractivity contribution in [2.75, 3.05) is 26.7 Å². The van der Waals surface area contributed by atoms with Crippen molar-refractivity contribution >= 4 is 5.97 Å². The van der Waals surface area contributed by atoms with E-state index in [0.717, 1.165) is 48.4 Å². The van der Waals surface area contributed by atoms with Crippen LogP contribution in [0, 0.1) is 17.2 Å². The second kappa shape index (κ2) is 9.90. The molecule has 174 valence electrons. The molecule has 1 N–H and O–H groups in total. The molecule has 1 saturated heterocycles. The van der Waals surface area contributed by atoms with E-state index >= 15 is 0 Å². The van der Waals surface area contributed by atoms with Crippen LogP contribution in [0.1, 0.15) is 50.7 Å². The molecule has 0 bridgehead atoms. The largest absolute Gasteiger partial charge is 0.494 e. The van der Waals surface area contributed by atoms with E-state index in [4.69, 9.17) is 9.47 Å². The average Bonchev–Trinajstić information content (AvgIpc) is 2.88. The van der Waals surface area contributed by atoms with Crippen LogP contribution in [0.15, 0.2) is 48.3 Å². The third kappa shape index (κ3) is 5.07. The van der Waals surface area contributed by atoms with E-state index in [2.05, 4.69) is 11.5 Å². The number of piperidine rings is 1. The Balaban J connectivity index is 1.90. The molecule has 6 heteroatoms. The summed E-state index contributed by atoms with van der Waals surface area (Å²) in [4.78, 5) is 13.8. The number of likely N-dealkylation sites (tertiary alicyclic amines) is 1. The number of methoxy groups -OCH3 is 1. The molecule has 1 aromatic rings. The minimum atomic E-state index is -0.785. The molecule has 1 atom stereocenters. The summed E-state index contributed by atoms with van der Waals surface area (Å²) in [6, 6.07) is 3.31. The van der Waals surface area contributed by atoms with E-state index in [1.807, 2.05) is 25.2 Å². The van der Waals surface area contributed by atoms with Crippen LogP contribution in [0.5, 0.6) is 5.75 Å². The smallest absolute Gasteiger partial charge is 0.310 e. The number of hydrogen-bond acceptors (Lipinski definition) is 4. The summed E-state index contributed by atoms with van der Waals surface area (Å²) in [5.41, 5.74) is 1.92. The molecule has 5 nitrogen and oxygen atoms in total. The molecule has 3 rings (SSSR count). The van der Waals surface area contributed by atoms with Crippen molar-refractivity contribution in [2.45, 2.75) is 46.1 Å². The Morgan fingerprint density at radius 1 is 1.38 bits per heavy atom. The van der Waals surface area contributed by atoms with Crippen LogP contribution < -0.4 is 4.74 Å². The van der Waals surface area contributed by atoms with E-state index in [1.54, 1.807) is 19.9 Å². The lowest BCUT2D eigenvalue weighted by Crippen LogP contribution is -2.43. The molecule has 0 saturated carbocycles. The molecular weight excluding hydrogens is 409 g/mol. The van der Waals surface area contributed by atoms with Gasteiger partial charge < -0.3 is 19.5 Å². The van der Waals surface area contributed by atoms with E-state index in [0.29, 0.717) is 6.54 Å². The minimum Gasteiger partial charge on any atom is -0.494 e. The van der Waals surface area contributed by atoms with E-state index < -0.39 is 17.2 Å².